The predicted molar refractivity (Wildman–Crippen MR) is 81.9 cm³/mol. The summed E-state index contributed by atoms with van der Waals surface area (Å²) >= 11 is 0. The fourth-order valence-corrected chi connectivity index (χ4v) is 2.41. The van der Waals surface area contributed by atoms with Crippen LogP contribution in [0.25, 0.3) is 11.3 Å². The molecule has 0 aliphatic heterocycles. The van der Waals surface area contributed by atoms with Gasteiger partial charge in [-0.15, -0.1) is 0 Å². The van der Waals surface area contributed by atoms with Crippen LogP contribution in [0.3, 0.4) is 0 Å². The third kappa shape index (κ3) is 3.50. The highest BCUT2D eigenvalue weighted by atomic mass is 16.4. The predicted octanol–water partition coefficient (Wildman–Crippen LogP) is 1.77. The van der Waals surface area contributed by atoms with E-state index in [0.29, 0.717) is 23.6 Å². The van der Waals surface area contributed by atoms with Gasteiger partial charge in [-0.3, -0.25) is 9.89 Å². The van der Waals surface area contributed by atoms with Crippen molar-refractivity contribution in [3.8, 4) is 17.0 Å². The minimum Gasteiger partial charge on any atom is -0.507 e. The Morgan fingerprint density at radius 1 is 1.35 bits per heavy atom. The Balaban J connectivity index is 1.73. The molecule has 1 aliphatic carbocycles. The summed E-state index contributed by atoms with van der Waals surface area (Å²) in [5.74, 6) is -1.11. The van der Waals surface area contributed by atoms with E-state index in [9.17, 15) is 19.8 Å². The number of H-pyrrole nitrogens is 1. The number of aromatic hydroxyl groups is 1. The number of hydrogen-bond donors (Lipinski definition) is 4. The highest BCUT2D eigenvalue weighted by Gasteiger charge is 2.30. The van der Waals surface area contributed by atoms with Gasteiger partial charge in [-0.1, -0.05) is 25.0 Å². The molecule has 0 radical (unpaired) electrons. The van der Waals surface area contributed by atoms with Crippen LogP contribution in [-0.4, -0.2) is 38.3 Å². The molecule has 0 saturated heterocycles. The SMILES string of the molecule is O=C(NC(CC1CC1)C(=O)O)c1cc(-c2ccccc2O)n[nH]1. The van der Waals surface area contributed by atoms with Gasteiger partial charge in [0.1, 0.15) is 17.5 Å². The monoisotopic (exact) mass is 315 g/mol. The highest BCUT2D eigenvalue weighted by molar-refractivity contribution is 5.96. The molecule has 0 spiro atoms. The highest BCUT2D eigenvalue weighted by Crippen LogP contribution is 2.33. The van der Waals surface area contributed by atoms with E-state index in [1.807, 2.05) is 0 Å². The van der Waals surface area contributed by atoms with E-state index < -0.39 is 17.9 Å². The second-order valence-corrected chi connectivity index (χ2v) is 5.73. The van der Waals surface area contributed by atoms with Gasteiger partial charge in [0.2, 0.25) is 0 Å². The number of nitrogens with zero attached hydrogens (tertiary/aromatic N) is 1. The zero-order valence-corrected chi connectivity index (χ0v) is 12.3. The maximum absolute atomic E-state index is 12.2. The Morgan fingerprint density at radius 3 is 2.74 bits per heavy atom. The molecular formula is C16H17N3O4. The van der Waals surface area contributed by atoms with Gasteiger partial charge in [-0.25, -0.2) is 4.79 Å². The van der Waals surface area contributed by atoms with E-state index in [0.717, 1.165) is 12.8 Å². The molecule has 1 aromatic carbocycles. The summed E-state index contributed by atoms with van der Waals surface area (Å²) in [5, 5.41) is 28.1. The molecule has 1 atom stereocenters. The molecule has 7 nitrogen and oxygen atoms in total. The van der Waals surface area contributed by atoms with E-state index in [1.54, 1.807) is 18.2 Å². The maximum atomic E-state index is 12.2. The van der Waals surface area contributed by atoms with Crippen molar-refractivity contribution in [2.45, 2.75) is 25.3 Å². The molecular weight excluding hydrogens is 298 g/mol. The first-order valence-corrected chi connectivity index (χ1v) is 7.42. The number of carbonyl (C=O) groups is 2. The van der Waals surface area contributed by atoms with Crippen LogP contribution in [0.2, 0.25) is 0 Å². The quantitative estimate of drug-likeness (QED) is 0.648. The number of hydrogen-bond acceptors (Lipinski definition) is 4. The number of rotatable bonds is 6. The van der Waals surface area contributed by atoms with E-state index >= 15 is 0 Å². The van der Waals surface area contributed by atoms with E-state index in [-0.39, 0.29) is 11.4 Å². The van der Waals surface area contributed by atoms with Crippen molar-refractivity contribution in [1.82, 2.24) is 15.5 Å². The average Bonchev–Trinajstić information content (AvgIpc) is 3.20. The number of carboxylic acids is 1. The lowest BCUT2D eigenvalue weighted by molar-refractivity contribution is -0.139. The number of amides is 1. The first-order valence-electron chi connectivity index (χ1n) is 7.42. The number of carbonyl (C=O) groups excluding carboxylic acids is 1. The van der Waals surface area contributed by atoms with Gasteiger partial charge >= 0.3 is 5.97 Å². The molecule has 4 N–H and O–H groups in total. The molecule has 1 saturated carbocycles. The first kappa shape index (κ1) is 15.1. The van der Waals surface area contributed by atoms with Gasteiger partial charge in [-0.2, -0.15) is 5.10 Å². The standard InChI is InChI=1S/C16H17N3O4/c20-14-4-2-1-3-10(14)11-8-12(19-18-11)15(21)17-13(16(22)23)7-9-5-6-9/h1-4,8-9,13,20H,5-7H2,(H,17,21)(H,18,19)(H,22,23). The number of para-hydroxylation sites is 1. The summed E-state index contributed by atoms with van der Waals surface area (Å²) in [6, 6.07) is 7.24. The van der Waals surface area contributed by atoms with Crippen molar-refractivity contribution in [2.75, 3.05) is 0 Å². The van der Waals surface area contributed by atoms with Crippen molar-refractivity contribution in [1.29, 1.82) is 0 Å². The molecule has 1 aliphatic rings. The molecule has 1 heterocycles. The average molecular weight is 315 g/mol. The summed E-state index contributed by atoms with van der Waals surface area (Å²) in [6.07, 6.45) is 2.48. The van der Waals surface area contributed by atoms with Crippen LogP contribution >= 0.6 is 0 Å². The van der Waals surface area contributed by atoms with E-state index in [2.05, 4.69) is 15.5 Å². The number of carboxylic acid groups (broad SMARTS) is 1. The number of phenolic OH excluding ortho intramolecular Hbond substituents is 1. The molecule has 0 bridgehead atoms. The van der Waals surface area contributed by atoms with E-state index in [4.69, 9.17) is 0 Å². The Kier molecular flexibility index (Phi) is 4.01. The second kappa shape index (κ2) is 6.12. The number of nitrogens with one attached hydrogen (secondary N) is 2. The van der Waals surface area contributed by atoms with Crippen LogP contribution in [0.15, 0.2) is 30.3 Å². The molecule has 1 aromatic heterocycles. The largest absolute Gasteiger partial charge is 0.507 e. The smallest absolute Gasteiger partial charge is 0.326 e. The van der Waals surface area contributed by atoms with Gasteiger partial charge in [0, 0.05) is 5.56 Å². The Labute approximate surface area is 132 Å². The van der Waals surface area contributed by atoms with Gasteiger partial charge in [0.25, 0.3) is 5.91 Å². The number of benzene rings is 1. The zero-order valence-electron chi connectivity index (χ0n) is 12.3. The molecule has 1 unspecified atom stereocenters. The first-order chi connectivity index (χ1) is 11.0. The van der Waals surface area contributed by atoms with Crippen molar-refractivity contribution in [3.63, 3.8) is 0 Å². The summed E-state index contributed by atoms with van der Waals surface area (Å²) in [7, 11) is 0. The third-order valence-electron chi connectivity index (χ3n) is 3.87. The van der Waals surface area contributed by atoms with Crippen LogP contribution in [-0.2, 0) is 4.79 Å². The number of phenols is 1. The second-order valence-electron chi connectivity index (χ2n) is 5.73. The summed E-state index contributed by atoms with van der Waals surface area (Å²) < 4.78 is 0. The minimum atomic E-state index is -1.04. The zero-order chi connectivity index (χ0) is 16.4. The van der Waals surface area contributed by atoms with Crippen molar-refractivity contribution in [2.24, 2.45) is 5.92 Å². The van der Waals surface area contributed by atoms with Crippen LogP contribution in [0.1, 0.15) is 29.8 Å². The summed E-state index contributed by atoms with van der Waals surface area (Å²) in [5.41, 5.74) is 1.07. The van der Waals surface area contributed by atoms with Crippen LogP contribution in [0, 0.1) is 5.92 Å². The maximum Gasteiger partial charge on any atom is 0.326 e. The molecule has 120 valence electrons. The van der Waals surface area contributed by atoms with Crippen LogP contribution < -0.4 is 5.32 Å². The summed E-state index contributed by atoms with van der Waals surface area (Å²) in [6.45, 7) is 0. The third-order valence-corrected chi connectivity index (χ3v) is 3.87. The Bertz CT molecular complexity index is 736. The van der Waals surface area contributed by atoms with E-state index in [1.165, 1.54) is 12.1 Å². The molecule has 1 amide bonds. The normalized spacial score (nSPS) is 15.1. The Hall–Kier alpha value is -2.83. The van der Waals surface area contributed by atoms with Crippen LogP contribution in [0.4, 0.5) is 0 Å². The lowest BCUT2D eigenvalue weighted by atomic mass is 10.1. The lowest BCUT2D eigenvalue weighted by Gasteiger charge is -2.13. The number of aliphatic carboxylic acids is 1. The molecule has 3 rings (SSSR count). The summed E-state index contributed by atoms with van der Waals surface area (Å²) in [4.78, 5) is 23.4. The van der Waals surface area contributed by atoms with Crippen molar-refractivity contribution in [3.05, 3.63) is 36.0 Å². The van der Waals surface area contributed by atoms with Gasteiger partial charge in [0.15, 0.2) is 0 Å². The fraction of sp³-hybridized carbons (Fsp3) is 0.312. The number of aromatic nitrogens is 2. The van der Waals surface area contributed by atoms with Crippen molar-refractivity contribution >= 4 is 11.9 Å². The molecule has 23 heavy (non-hydrogen) atoms. The van der Waals surface area contributed by atoms with Gasteiger partial charge in [0.05, 0.1) is 5.69 Å². The van der Waals surface area contributed by atoms with Crippen molar-refractivity contribution < 1.29 is 19.8 Å². The van der Waals surface area contributed by atoms with Gasteiger partial charge < -0.3 is 15.5 Å². The van der Waals surface area contributed by atoms with Crippen LogP contribution in [0.5, 0.6) is 5.75 Å². The molecule has 2 aromatic rings. The molecule has 1 fully saturated rings. The fourth-order valence-electron chi connectivity index (χ4n) is 2.41. The van der Waals surface area contributed by atoms with Gasteiger partial charge in [-0.05, 0) is 30.5 Å². The minimum absolute atomic E-state index is 0.0584. The molecule has 7 heteroatoms. The Morgan fingerprint density at radius 2 is 2.09 bits per heavy atom. The lowest BCUT2D eigenvalue weighted by Crippen LogP contribution is -2.41. The number of aromatic amines is 1. The topological polar surface area (TPSA) is 115 Å².